The molecule has 3 aromatic rings. The molecule has 1 aliphatic rings. The molecule has 136 valence electrons. The Morgan fingerprint density at radius 3 is 2.63 bits per heavy atom. The lowest BCUT2D eigenvalue weighted by Crippen LogP contribution is -2.40. The zero-order chi connectivity index (χ0) is 18.8. The van der Waals surface area contributed by atoms with Gasteiger partial charge in [0.15, 0.2) is 0 Å². The number of hydrogen-bond acceptors (Lipinski definition) is 3. The predicted octanol–water partition coefficient (Wildman–Crippen LogP) is 3.54. The van der Waals surface area contributed by atoms with Crippen LogP contribution < -0.4 is 10.5 Å². The van der Waals surface area contributed by atoms with E-state index < -0.39 is 0 Å². The normalized spacial score (nSPS) is 13.3. The Hall–Kier alpha value is -2.92. The number of nitrogens with zero attached hydrogens (tertiary/aromatic N) is 3. The van der Waals surface area contributed by atoms with E-state index in [0.717, 1.165) is 29.7 Å². The van der Waals surface area contributed by atoms with E-state index in [2.05, 4.69) is 5.10 Å². The van der Waals surface area contributed by atoms with Crippen molar-refractivity contribution in [1.82, 2.24) is 9.78 Å². The fourth-order valence-electron chi connectivity index (χ4n) is 3.34. The van der Waals surface area contributed by atoms with Crippen molar-refractivity contribution in [1.29, 1.82) is 0 Å². The minimum absolute atomic E-state index is 0.0887. The molecule has 0 saturated carbocycles. The Labute approximate surface area is 161 Å². The zero-order valence-electron chi connectivity index (χ0n) is 14.6. The predicted molar refractivity (Wildman–Crippen MR) is 106 cm³/mol. The number of anilines is 1. The van der Waals surface area contributed by atoms with Gasteiger partial charge in [0.1, 0.15) is 6.54 Å². The second-order valence-electron chi connectivity index (χ2n) is 6.50. The first kappa shape index (κ1) is 17.5. The topological polar surface area (TPSA) is 55.2 Å². The summed E-state index contributed by atoms with van der Waals surface area (Å²) in [5, 5.41) is 5.01. The van der Waals surface area contributed by atoms with Crippen molar-refractivity contribution in [2.24, 2.45) is 0 Å². The molecule has 0 spiro atoms. The van der Waals surface area contributed by atoms with E-state index >= 15 is 0 Å². The molecule has 4 rings (SSSR count). The molecule has 0 aliphatic carbocycles. The van der Waals surface area contributed by atoms with Crippen molar-refractivity contribution in [2.75, 3.05) is 11.4 Å². The Morgan fingerprint density at radius 1 is 1.04 bits per heavy atom. The molecule has 27 heavy (non-hydrogen) atoms. The van der Waals surface area contributed by atoms with Crippen LogP contribution in [0.4, 0.5) is 5.69 Å². The minimum Gasteiger partial charge on any atom is -0.311 e. The van der Waals surface area contributed by atoms with Crippen LogP contribution in [0.5, 0.6) is 0 Å². The van der Waals surface area contributed by atoms with Gasteiger partial charge in [-0.1, -0.05) is 41.9 Å². The van der Waals surface area contributed by atoms with Gasteiger partial charge < -0.3 is 4.90 Å². The van der Waals surface area contributed by atoms with Crippen LogP contribution in [0.1, 0.15) is 12.0 Å². The Bertz CT molecular complexity index is 1040. The summed E-state index contributed by atoms with van der Waals surface area (Å²) < 4.78 is 1.23. The van der Waals surface area contributed by atoms with Gasteiger partial charge in [0, 0.05) is 28.9 Å². The van der Waals surface area contributed by atoms with E-state index in [-0.39, 0.29) is 18.0 Å². The summed E-state index contributed by atoms with van der Waals surface area (Å²) in [5.74, 6) is -0.134. The number of carbonyl (C=O) groups excluding carboxylic acids is 1. The van der Waals surface area contributed by atoms with Gasteiger partial charge in [0.05, 0.1) is 5.69 Å². The highest BCUT2D eigenvalue weighted by Gasteiger charge is 2.22. The maximum Gasteiger partial charge on any atom is 0.267 e. The number of fused-ring (bicyclic) bond motifs is 1. The van der Waals surface area contributed by atoms with E-state index in [0.29, 0.717) is 17.3 Å². The van der Waals surface area contributed by atoms with Gasteiger partial charge >= 0.3 is 0 Å². The lowest BCUT2D eigenvalue weighted by molar-refractivity contribution is -0.119. The number of aromatic nitrogens is 2. The molecule has 0 saturated heterocycles. The van der Waals surface area contributed by atoms with Crippen molar-refractivity contribution < 1.29 is 4.79 Å². The first-order valence-electron chi connectivity index (χ1n) is 8.84. The number of halogens is 1. The van der Waals surface area contributed by atoms with Crippen molar-refractivity contribution >= 4 is 23.2 Å². The smallest absolute Gasteiger partial charge is 0.267 e. The molecule has 0 bridgehead atoms. The largest absolute Gasteiger partial charge is 0.311 e. The Kier molecular flexibility index (Phi) is 4.77. The van der Waals surface area contributed by atoms with Gasteiger partial charge in [0.2, 0.25) is 5.91 Å². The lowest BCUT2D eigenvalue weighted by Gasteiger charge is -2.29. The molecule has 0 fully saturated rings. The highest BCUT2D eigenvalue weighted by Crippen LogP contribution is 2.27. The van der Waals surface area contributed by atoms with Crippen LogP contribution in [-0.4, -0.2) is 22.2 Å². The standard InChI is InChI=1S/C21H18ClN3O2/c22-17-9-7-15(8-10-17)18-11-12-20(26)25(23-18)14-21(27)24-13-3-5-16-4-1-2-6-19(16)24/h1-2,4,6-12H,3,5,13-14H2. The third-order valence-corrected chi connectivity index (χ3v) is 4.95. The molecule has 0 radical (unpaired) electrons. The number of hydrogen-bond donors (Lipinski definition) is 0. The SMILES string of the molecule is O=C(Cn1nc(-c2ccc(Cl)cc2)ccc1=O)N1CCCc2ccccc21. The van der Waals surface area contributed by atoms with Crippen LogP contribution in [0.2, 0.25) is 5.02 Å². The first-order valence-corrected chi connectivity index (χ1v) is 9.22. The van der Waals surface area contributed by atoms with E-state index in [9.17, 15) is 9.59 Å². The molecule has 1 aliphatic heterocycles. The molecule has 1 amide bonds. The highest BCUT2D eigenvalue weighted by atomic mass is 35.5. The number of para-hydroxylation sites is 1. The summed E-state index contributed by atoms with van der Waals surface area (Å²) in [6, 6.07) is 18.2. The van der Waals surface area contributed by atoms with Crippen molar-refractivity contribution in [3.05, 3.63) is 81.6 Å². The van der Waals surface area contributed by atoms with Crippen molar-refractivity contribution in [3.63, 3.8) is 0 Å². The number of benzene rings is 2. The Morgan fingerprint density at radius 2 is 1.81 bits per heavy atom. The fourth-order valence-corrected chi connectivity index (χ4v) is 3.47. The molecule has 2 heterocycles. The molecule has 2 aromatic carbocycles. The third kappa shape index (κ3) is 3.64. The van der Waals surface area contributed by atoms with Gasteiger partial charge in [-0.15, -0.1) is 0 Å². The van der Waals surface area contributed by atoms with E-state index in [1.807, 2.05) is 36.4 Å². The fraction of sp³-hybridized carbons (Fsp3) is 0.190. The second kappa shape index (κ2) is 7.37. The monoisotopic (exact) mass is 379 g/mol. The molecule has 0 atom stereocenters. The molecule has 0 N–H and O–H groups in total. The van der Waals surface area contributed by atoms with Crippen LogP contribution in [0, 0.1) is 0 Å². The molecule has 0 unspecified atom stereocenters. The first-order chi connectivity index (χ1) is 13.1. The third-order valence-electron chi connectivity index (χ3n) is 4.70. The van der Waals surface area contributed by atoms with Crippen LogP contribution in [-0.2, 0) is 17.8 Å². The highest BCUT2D eigenvalue weighted by molar-refractivity contribution is 6.30. The molecular weight excluding hydrogens is 362 g/mol. The van der Waals surface area contributed by atoms with Gasteiger partial charge in [-0.3, -0.25) is 9.59 Å². The molecular formula is C21H18ClN3O2. The van der Waals surface area contributed by atoms with E-state index in [4.69, 9.17) is 11.6 Å². The number of rotatable bonds is 3. The Balaban J connectivity index is 1.61. The van der Waals surface area contributed by atoms with Gasteiger partial charge in [-0.05, 0) is 42.7 Å². The summed E-state index contributed by atoms with van der Waals surface area (Å²) >= 11 is 5.93. The van der Waals surface area contributed by atoms with Crippen LogP contribution in [0.15, 0.2) is 65.5 Å². The second-order valence-corrected chi connectivity index (χ2v) is 6.94. The number of carbonyl (C=O) groups is 1. The quantitative estimate of drug-likeness (QED) is 0.699. The minimum atomic E-state index is -0.300. The maximum atomic E-state index is 12.9. The summed E-state index contributed by atoms with van der Waals surface area (Å²) in [4.78, 5) is 26.9. The van der Waals surface area contributed by atoms with Crippen LogP contribution in [0.25, 0.3) is 11.3 Å². The average Bonchev–Trinajstić information content (AvgIpc) is 2.70. The lowest BCUT2D eigenvalue weighted by atomic mass is 10.0. The van der Waals surface area contributed by atoms with Gasteiger partial charge in [-0.2, -0.15) is 5.10 Å². The van der Waals surface area contributed by atoms with E-state index in [1.165, 1.54) is 10.7 Å². The van der Waals surface area contributed by atoms with Crippen molar-refractivity contribution in [2.45, 2.75) is 19.4 Å². The van der Waals surface area contributed by atoms with Crippen molar-refractivity contribution in [3.8, 4) is 11.3 Å². The summed E-state index contributed by atoms with van der Waals surface area (Å²) in [6.45, 7) is 0.566. The summed E-state index contributed by atoms with van der Waals surface area (Å²) in [5.41, 5.74) is 3.25. The molecule has 1 aromatic heterocycles. The number of amides is 1. The van der Waals surface area contributed by atoms with E-state index in [1.54, 1.807) is 23.1 Å². The van der Waals surface area contributed by atoms with Gasteiger partial charge in [0.25, 0.3) is 5.56 Å². The van der Waals surface area contributed by atoms with Crippen LogP contribution in [0.3, 0.4) is 0 Å². The summed E-state index contributed by atoms with van der Waals surface area (Å²) in [7, 11) is 0. The average molecular weight is 380 g/mol. The molecule has 5 nitrogen and oxygen atoms in total. The zero-order valence-corrected chi connectivity index (χ0v) is 15.4. The van der Waals surface area contributed by atoms with Gasteiger partial charge in [-0.25, -0.2) is 4.68 Å². The summed E-state index contributed by atoms with van der Waals surface area (Å²) in [6.07, 6.45) is 1.88. The molecule has 6 heteroatoms. The maximum absolute atomic E-state index is 12.9. The number of aryl methyl sites for hydroxylation is 1. The van der Waals surface area contributed by atoms with Crippen LogP contribution >= 0.6 is 11.6 Å².